The quantitative estimate of drug-likeness (QED) is 0.625. The first-order valence-electron chi connectivity index (χ1n) is 8.53. The molecule has 2 aromatic rings. The summed E-state index contributed by atoms with van der Waals surface area (Å²) in [5.41, 5.74) is 0.268. The minimum absolute atomic E-state index is 0.0775. The molecule has 1 aromatic carbocycles. The van der Waals surface area contributed by atoms with E-state index in [2.05, 4.69) is 4.98 Å². The van der Waals surface area contributed by atoms with Crippen LogP contribution < -0.4 is 9.47 Å². The highest BCUT2D eigenvalue weighted by Gasteiger charge is 2.21. The molecule has 0 spiro atoms. The number of nitrogens with zero attached hydrogens (tertiary/aromatic N) is 3. The lowest BCUT2D eigenvalue weighted by Gasteiger charge is -2.19. The van der Waals surface area contributed by atoms with Crippen molar-refractivity contribution in [2.24, 2.45) is 0 Å². The minimum atomic E-state index is -2.72. The van der Waals surface area contributed by atoms with E-state index in [1.54, 1.807) is 6.07 Å². The highest BCUT2D eigenvalue weighted by molar-refractivity contribution is 6.32. The Morgan fingerprint density at radius 3 is 2.70 bits per heavy atom. The Morgan fingerprint density at radius 2 is 2.07 bits per heavy atom. The van der Waals surface area contributed by atoms with Crippen LogP contribution in [0.2, 0.25) is 5.02 Å². The molecule has 0 unspecified atom stereocenters. The van der Waals surface area contributed by atoms with E-state index in [-0.39, 0.29) is 23.0 Å². The molecule has 0 radical (unpaired) electrons. The van der Waals surface area contributed by atoms with Crippen LogP contribution in [0.3, 0.4) is 0 Å². The number of benzene rings is 1. The number of hydrogen-bond donors (Lipinski definition) is 0. The molecule has 0 atom stereocenters. The summed E-state index contributed by atoms with van der Waals surface area (Å²) in [6.45, 7) is 1.81. The molecular weight excluding hydrogens is 380 g/mol. The molecule has 0 aliphatic rings. The summed E-state index contributed by atoms with van der Waals surface area (Å²) in [5, 5.41) is 0.250. The highest BCUT2D eigenvalue weighted by atomic mass is 35.5. The van der Waals surface area contributed by atoms with Crippen LogP contribution in [0.25, 0.3) is 0 Å². The zero-order valence-electron chi connectivity index (χ0n) is 15.4. The Kier molecular flexibility index (Phi) is 7.41. The van der Waals surface area contributed by atoms with Crippen LogP contribution in [0, 0.1) is 0 Å². The number of alkyl halides is 2. The normalized spacial score (nSPS) is 10.9. The molecule has 0 saturated heterocycles. The topological polar surface area (TPSA) is 56.6 Å². The SMILES string of the molecule is CCCOc1c(Cl)cc(C(=O)N(C)Cc2nccn2C(F)F)cc1OCC. The first kappa shape index (κ1) is 21.0. The van der Waals surface area contributed by atoms with E-state index in [1.807, 2.05) is 13.8 Å². The third-order valence-corrected chi connectivity index (χ3v) is 3.97. The standard InChI is InChI=1S/C18H22ClF2N3O3/c1-4-8-27-16-13(19)9-12(10-14(16)26-5-2)17(25)23(3)11-15-22-6-7-24(15)18(20)21/h6-7,9-10,18H,4-5,8,11H2,1-3H3. The fourth-order valence-corrected chi connectivity index (χ4v) is 2.71. The summed E-state index contributed by atoms with van der Waals surface area (Å²) < 4.78 is 37.8. The summed E-state index contributed by atoms with van der Waals surface area (Å²) in [7, 11) is 1.50. The number of imidazole rings is 1. The number of halogens is 3. The van der Waals surface area contributed by atoms with Crippen molar-refractivity contribution in [3.63, 3.8) is 0 Å². The molecular formula is C18H22ClF2N3O3. The Morgan fingerprint density at radius 1 is 1.33 bits per heavy atom. The van der Waals surface area contributed by atoms with Crippen molar-refractivity contribution >= 4 is 17.5 Å². The van der Waals surface area contributed by atoms with E-state index in [4.69, 9.17) is 21.1 Å². The molecule has 0 bridgehead atoms. The lowest BCUT2D eigenvalue weighted by atomic mass is 10.1. The average Bonchev–Trinajstić information content (AvgIpc) is 3.08. The van der Waals surface area contributed by atoms with Crippen LogP contribution in [-0.4, -0.2) is 40.6 Å². The van der Waals surface area contributed by atoms with Crippen molar-refractivity contribution < 1.29 is 23.0 Å². The van der Waals surface area contributed by atoms with E-state index in [0.717, 1.165) is 6.42 Å². The molecule has 0 aliphatic heterocycles. The van der Waals surface area contributed by atoms with E-state index in [0.29, 0.717) is 29.3 Å². The third-order valence-electron chi connectivity index (χ3n) is 3.69. The summed E-state index contributed by atoms with van der Waals surface area (Å²) in [4.78, 5) is 17.9. The number of hydrogen-bond acceptors (Lipinski definition) is 4. The van der Waals surface area contributed by atoms with Gasteiger partial charge in [-0.3, -0.25) is 9.36 Å². The first-order chi connectivity index (χ1) is 12.9. The monoisotopic (exact) mass is 401 g/mol. The van der Waals surface area contributed by atoms with Gasteiger partial charge in [-0.15, -0.1) is 0 Å². The molecule has 6 nitrogen and oxygen atoms in total. The lowest BCUT2D eigenvalue weighted by molar-refractivity contribution is 0.0612. The van der Waals surface area contributed by atoms with Gasteiger partial charge in [0.1, 0.15) is 5.82 Å². The lowest BCUT2D eigenvalue weighted by Crippen LogP contribution is -2.28. The Bertz CT molecular complexity index is 783. The van der Waals surface area contributed by atoms with Crippen molar-refractivity contribution in [3.8, 4) is 11.5 Å². The molecule has 0 fully saturated rings. The van der Waals surface area contributed by atoms with Crippen molar-refractivity contribution in [1.82, 2.24) is 14.5 Å². The smallest absolute Gasteiger partial charge is 0.319 e. The molecule has 9 heteroatoms. The van der Waals surface area contributed by atoms with Gasteiger partial charge in [-0.05, 0) is 25.5 Å². The van der Waals surface area contributed by atoms with E-state index >= 15 is 0 Å². The predicted octanol–water partition coefficient (Wildman–Crippen LogP) is 4.39. The second kappa shape index (κ2) is 9.55. The predicted molar refractivity (Wildman–Crippen MR) is 97.7 cm³/mol. The van der Waals surface area contributed by atoms with Crippen molar-refractivity contribution in [1.29, 1.82) is 0 Å². The molecule has 27 heavy (non-hydrogen) atoms. The molecule has 2 rings (SSSR count). The van der Waals surface area contributed by atoms with E-state index in [1.165, 1.54) is 30.4 Å². The van der Waals surface area contributed by atoms with E-state index in [9.17, 15) is 13.6 Å². The zero-order valence-corrected chi connectivity index (χ0v) is 16.2. The van der Waals surface area contributed by atoms with Crippen LogP contribution in [0.15, 0.2) is 24.5 Å². The second-order valence-electron chi connectivity index (χ2n) is 5.76. The van der Waals surface area contributed by atoms with Crippen molar-refractivity contribution in [2.75, 3.05) is 20.3 Å². The number of aromatic nitrogens is 2. The van der Waals surface area contributed by atoms with Crippen molar-refractivity contribution in [3.05, 3.63) is 40.9 Å². The number of amides is 1. The van der Waals surface area contributed by atoms with Gasteiger partial charge in [0.2, 0.25) is 0 Å². The number of carbonyl (C=O) groups is 1. The maximum Gasteiger partial charge on any atom is 0.319 e. The van der Waals surface area contributed by atoms with Gasteiger partial charge in [0.15, 0.2) is 11.5 Å². The first-order valence-corrected chi connectivity index (χ1v) is 8.91. The van der Waals surface area contributed by atoms with Crippen LogP contribution in [-0.2, 0) is 6.54 Å². The van der Waals surface area contributed by atoms with Gasteiger partial charge in [-0.1, -0.05) is 18.5 Å². The molecule has 1 amide bonds. The molecule has 1 heterocycles. The molecule has 148 valence electrons. The summed E-state index contributed by atoms with van der Waals surface area (Å²) in [6.07, 6.45) is 3.23. The number of carbonyl (C=O) groups excluding carboxylic acids is 1. The van der Waals surface area contributed by atoms with E-state index < -0.39 is 12.5 Å². The fraction of sp³-hybridized carbons (Fsp3) is 0.444. The molecule has 0 N–H and O–H groups in total. The van der Waals surface area contributed by atoms with Gasteiger partial charge in [0.25, 0.3) is 5.91 Å². The summed E-state index contributed by atoms with van der Waals surface area (Å²) >= 11 is 6.27. The maximum atomic E-state index is 12.9. The summed E-state index contributed by atoms with van der Waals surface area (Å²) in [6, 6.07) is 3.02. The number of ether oxygens (including phenoxy) is 2. The Hall–Kier alpha value is -2.35. The molecule has 0 aliphatic carbocycles. The minimum Gasteiger partial charge on any atom is -0.490 e. The zero-order chi connectivity index (χ0) is 20.0. The van der Waals surface area contributed by atoms with Crippen LogP contribution in [0.1, 0.15) is 43.0 Å². The summed E-state index contributed by atoms with van der Waals surface area (Å²) in [5.74, 6) is 0.431. The van der Waals surface area contributed by atoms with Gasteiger partial charge in [0.05, 0.1) is 24.8 Å². The van der Waals surface area contributed by atoms with Gasteiger partial charge < -0.3 is 14.4 Å². The maximum absolute atomic E-state index is 12.9. The molecule has 0 saturated carbocycles. The Labute approximate surface area is 161 Å². The van der Waals surface area contributed by atoms with Gasteiger partial charge in [0, 0.05) is 25.0 Å². The third kappa shape index (κ3) is 5.09. The number of rotatable bonds is 9. The van der Waals surface area contributed by atoms with Gasteiger partial charge in [-0.2, -0.15) is 8.78 Å². The fourth-order valence-electron chi connectivity index (χ4n) is 2.45. The largest absolute Gasteiger partial charge is 0.490 e. The van der Waals surface area contributed by atoms with Crippen LogP contribution >= 0.6 is 11.6 Å². The van der Waals surface area contributed by atoms with Crippen molar-refractivity contribution in [2.45, 2.75) is 33.4 Å². The van der Waals surface area contributed by atoms with Crippen LogP contribution in [0.4, 0.5) is 8.78 Å². The molecule has 1 aromatic heterocycles. The Balaban J connectivity index is 2.25. The van der Waals surface area contributed by atoms with Crippen LogP contribution in [0.5, 0.6) is 11.5 Å². The average molecular weight is 402 g/mol. The van der Waals surface area contributed by atoms with Gasteiger partial charge in [-0.25, -0.2) is 4.98 Å². The second-order valence-corrected chi connectivity index (χ2v) is 6.16. The van der Waals surface area contributed by atoms with Gasteiger partial charge >= 0.3 is 6.55 Å². The highest BCUT2D eigenvalue weighted by Crippen LogP contribution is 2.37.